The summed E-state index contributed by atoms with van der Waals surface area (Å²) in [7, 11) is 0. The van der Waals surface area contributed by atoms with Gasteiger partial charge in [-0.1, -0.05) is 104 Å². The van der Waals surface area contributed by atoms with E-state index in [1.165, 1.54) is 6.42 Å². The number of ether oxygens (including phenoxy) is 8. The van der Waals surface area contributed by atoms with Crippen molar-refractivity contribution >= 4 is 59.9 Å². The number of nitrogens with one attached hydrogen (secondary N) is 2. The summed E-state index contributed by atoms with van der Waals surface area (Å²) in [5, 5.41) is 21.9. The number of aliphatic carboxylic acids is 2. The van der Waals surface area contributed by atoms with Crippen molar-refractivity contribution in [3.8, 4) is 0 Å². The molecule has 1 atom stereocenters. The Morgan fingerprint density at radius 3 is 1.16 bits per heavy atom. The summed E-state index contributed by atoms with van der Waals surface area (Å²) in [5.74, 6) is -2.24. The average molecular weight is 1340 g/mol. The molecule has 0 aliphatic heterocycles. The van der Waals surface area contributed by atoms with Crippen molar-refractivity contribution in [1.82, 2.24) is 10.6 Å². The van der Waals surface area contributed by atoms with E-state index in [2.05, 4.69) is 24.5 Å². The van der Waals surface area contributed by atoms with Crippen molar-refractivity contribution in [2.45, 2.75) is 272 Å². The first-order valence-corrected chi connectivity index (χ1v) is 34.3. The molecule has 94 heavy (non-hydrogen) atoms. The fraction of sp³-hybridized carbons (Fsp3) is 0.778. The monoisotopic (exact) mass is 1340 g/mol. The number of esters is 6. The van der Waals surface area contributed by atoms with Crippen LogP contribution in [0.2, 0.25) is 0 Å². The van der Waals surface area contributed by atoms with E-state index in [0.29, 0.717) is 96.9 Å². The first kappa shape index (κ1) is 93.9. The Morgan fingerprint density at radius 1 is 0.404 bits per heavy atom. The third-order valence-electron chi connectivity index (χ3n) is 15.4. The molecule has 0 saturated heterocycles. The maximum absolute atomic E-state index is 11.8. The standard InChI is InChI=1S/C23H43NO6.C19H35NO6.C13H18O2.C11H20O4.C6H12O2/c1-6-9-13-19(7-2)18-30-20(25)14-11-10-12-16-29-22(27)24-15-17-28-21(26)23(4,5)8-3;1-5-7-13-24-16(21)11-9-8-10-14-26-18(23)20-12-15-25-17(22)19(3,4)6-2;1-4-13(2,3)12(14)15-10-11-8-6-5-7-9-11;1-11(2,3)10(14)15-8-6-4-5-7-9(12)13;1-4-6(2,3)5(7)8/h19H,6-18H2,1-5H3,(H,24,27);5-15H2,1-4H3,(H,20,23);5-9H,4,10H2,1-3H3;4-8H2,1-3H3,(H,12,13);4H2,1-3H3,(H,7,8). The molecule has 0 saturated carbocycles. The summed E-state index contributed by atoms with van der Waals surface area (Å²) in [4.78, 5) is 113. The average Bonchev–Trinajstić information content (AvgIpc) is 1.13. The molecule has 0 bridgehead atoms. The van der Waals surface area contributed by atoms with E-state index in [9.17, 15) is 47.9 Å². The van der Waals surface area contributed by atoms with E-state index < -0.39 is 45.8 Å². The molecule has 22 heteroatoms. The third kappa shape index (κ3) is 54.9. The number of amides is 2. The molecule has 0 aromatic heterocycles. The molecule has 0 aliphatic carbocycles. The Kier molecular flexibility index (Phi) is 55.7. The molecule has 0 fully saturated rings. The lowest BCUT2D eigenvalue weighted by molar-refractivity contribution is -0.156. The van der Waals surface area contributed by atoms with Crippen LogP contribution in [0.4, 0.5) is 9.59 Å². The third-order valence-corrected chi connectivity index (χ3v) is 15.4. The minimum absolute atomic E-state index is 0.122. The van der Waals surface area contributed by atoms with Crippen molar-refractivity contribution in [2.24, 2.45) is 33.0 Å². The molecule has 4 N–H and O–H groups in total. The highest BCUT2D eigenvalue weighted by atomic mass is 16.6. The zero-order valence-electron chi connectivity index (χ0n) is 61.3. The summed E-state index contributed by atoms with van der Waals surface area (Å²) >= 11 is 0. The Labute approximate surface area is 565 Å². The number of hydrogen-bond donors (Lipinski definition) is 4. The molecule has 1 unspecified atom stereocenters. The molecule has 1 aromatic rings. The number of unbranched alkanes of at least 4 members (excludes halogenated alkanes) is 8. The van der Waals surface area contributed by atoms with Crippen LogP contribution >= 0.6 is 0 Å². The summed E-state index contributed by atoms with van der Waals surface area (Å²) < 4.78 is 41.0. The van der Waals surface area contributed by atoms with Crippen molar-refractivity contribution in [3.63, 3.8) is 0 Å². The van der Waals surface area contributed by atoms with Crippen molar-refractivity contribution in [3.05, 3.63) is 35.9 Å². The maximum atomic E-state index is 11.8. The number of hydrogen-bond acceptors (Lipinski definition) is 18. The van der Waals surface area contributed by atoms with Gasteiger partial charge in [0.2, 0.25) is 0 Å². The number of benzene rings is 1. The van der Waals surface area contributed by atoms with E-state index in [1.807, 2.05) is 106 Å². The largest absolute Gasteiger partial charge is 0.481 e. The Hall–Kier alpha value is -6.48. The van der Waals surface area contributed by atoms with Gasteiger partial charge in [-0.25, -0.2) is 9.59 Å². The topological polar surface area (TPSA) is 309 Å². The van der Waals surface area contributed by atoms with Gasteiger partial charge >= 0.3 is 59.9 Å². The molecule has 0 spiro atoms. The summed E-state index contributed by atoms with van der Waals surface area (Å²) in [5.41, 5.74) is -1.38. The van der Waals surface area contributed by atoms with Crippen LogP contribution in [0, 0.1) is 33.0 Å². The van der Waals surface area contributed by atoms with Crippen molar-refractivity contribution in [1.29, 1.82) is 0 Å². The highest BCUT2D eigenvalue weighted by Crippen LogP contribution is 2.24. The van der Waals surface area contributed by atoms with Crippen LogP contribution in [0.25, 0.3) is 0 Å². The second-order valence-corrected chi connectivity index (χ2v) is 26.6. The van der Waals surface area contributed by atoms with Gasteiger partial charge < -0.3 is 58.7 Å². The van der Waals surface area contributed by atoms with Gasteiger partial charge in [0, 0.05) is 19.3 Å². The fourth-order valence-corrected chi connectivity index (χ4v) is 6.54. The number of carboxylic acids is 2. The molecule has 1 aromatic carbocycles. The first-order valence-electron chi connectivity index (χ1n) is 34.3. The minimum Gasteiger partial charge on any atom is -0.481 e. The van der Waals surface area contributed by atoms with Crippen LogP contribution in [0.15, 0.2) is 30.3 Å². The zero-order valence-corrected chi connectivity index (χ0v) is 61.3. The second-order valence-electron chi connectivity index (χ2n) is 26.6. The Morgan fingerprint density at radius 2 is 0.787 bits per heavy atom. The predicted octanol–water partition coefficient (Wildman–Crippen LogP) is 15.5. The predicted molar refractivity (Wildman–Crippen MR) is 364 cm³/mol. The van der Waals surface area contributed by atoms with Crippen LogP contribution < -0.4 is 10.6 Å². The van der Waals surface area contributed by atoms with E-state index in [4.69, 9.17) is 48.1 Å². The van der Waals surface area contributed by atoms with Gasteiger partial charge in [-0.2, -0.15) is 0 Å². The fourth-order valence-electron chi connectivity index (χ4n) is 6.54. The van der Waals surface area contributed by atoms with E-state index in [0.717, 1.165) is 82.6 Å². The molecule has 0 heterocycles. The van der Waals surface area contributed by atoms with Crippen molar-refractivity contribution in [2.75, 3.05) is 59.3 Å². The first-order chi connectivity index (χ1) is 44.0. The summed E-state index contributed by atoms with van der Waals surface area (Å²) in [6.45, 7) is 37.0. The van der Waals surface area contributed by atoms with Crippen LogP contribution in [0.3, 0.4) is 0 Å². The number of rotatable bonds is 43. The van der Waals surface area contributed by atoms with Gasteiger partial charge in [-0.15, -0.1) is 0 Å². The lowest BCUT2D eigenvalue weighted by Gasteiger charge is -2.20. The molecule has 22 nitrogen and oxygen atoms in total. The van der Waals surface area contributed by atoms with Gasteiger partial charge in [-0.05, 0) is 184 Å². The number of carbonyl (C=O) groups excluding carboxylic acids is 8. The maximum Gasteiger partial charge on any atom is 0.407 e. The zero-order chi connectivity index (χ0) is 72.7. The van der Waals surface area contributed by atoms with Crippen molar-refractivity contribution < 1.29 is 96.1 Å². The summed E-state index contributed by atoms with van der Waals surface area (Å²) in [6, 6.07) is 9.72. The van der Waals surface area contributed by atoms with Gasteiger partial charge in [0.05, 0.1) is 73.2 Å². The highest BCUT2D eigenvalue weighted by Gasteiger charge is 2.29. The van der Waals surface area contributed by atoms with Crippen LogP contribution in [-0.2, 0) is 82.9 Å². The number of carbonyl (C=O) groups is 10. The van der Waals surface area contributed by atoms with E-state index in [-0.39, 0.29) is 74.0 Å². The lowest BCUT2D eigenvalue weighted by Crippen LogP contribution is -2.32. The highest BCUT2D eigenvalue weighted by molar-refractivity contribution is 5.77. The Bertz CT molecular complexity index is 2220. The van der Waals surface area contributed by atoms with E-state index >= 15 is 0 Å². The minimum atomic E-state index is -0.776. The molecule has 546 valence electrons. The molecule has 1 rings (SSSR count). The molecule has 0 aliphatic rings. The van der Waals surface area contributed by atoms with Gasteiger partial charge in [0.25, 0.3) is 0 Å². The van der Waals surface area contributed by atoms with Crippen LogP contribution in [-0.4, -0.2) is 129 Å². The molecular formula is C72H128N2O20. The Balaban J connectivity index is -0.000000571. The normalized spacial score (nSPS) is 11.4. The number of alkyl carbamates (subject to hydrolysis) is 2. The lowest BCUT2D eigenvalue weighted by atomic mass is 9.91. The summed E-state index contributed by atoms with van der Waals surface area (Å²) in [6.07, 6.45) is 15.7. The molecule has 0 radical (unpaired) electrons. The van der Waals surface area contributed by atoms with E-state index in [1.54, 1.807) is 34.6 Å². The SMILES string of the molecule is CC(C)(C)C(=O)OCCCCCC(=O)O.CCC(C)(C)C(=O)O.CCC(C)(C)C(=O)OCc1ccccc1.CCCCC(CC)COC(=O)CCCCCOC(=O)NCCOC(=O)C(C)(C)CC.CCCCOC(=O)CCCCCOC(=O)NCCOC(=O)C(C)(C)CC. The van der Waals surface area contributed by atoms with Gasteiger partial charge in [0.1, 0.15) is 19.8 Å². The molecular weight excluding hydrogens is 1210 g/mol. The quantitative estimate of drug-likeness (QED) is 0.0268. The van der Waals surface area contributed by atoms with Gasteiger partial charge in [-0.3, -0.25) is 38.4 Å². The number of carboxylic acid groups (broad SMARTS) is 2. The second kappa shape index (κ2) is 55.8. The van der Waals surface area contributed by atoms with Crippen LogP contribution in [0.1, 0.15) is 271 Å². The van der Waals surface area contributed by atoms with Gasteiger partial charge in [0.15, 0.2) is 0 Å². The van der Waals surface area contributed by atoms with Crippen LogP contribution in [0.5, 0.6) is 0 Å². The molecule has 2 amide bonds. The smallest absolute Gasteiger partial charge is 0.407 e.